The molecule has 0 unspecified atom stereocenters. The topological polar surface area (TPSA) is 58.8 Å². The molecule has 0 aliphatic heterocycles. The minimum atomic E-state index is -0.00462. The van der Waals surface area contributed by atoms with Gasteiger partial charge >= 0.3 is 0 Å². The third-order valence-electron chi connectivity index (χ3n) is 2.28. The van der Waals surface area contributed by atoms with Gasteiger partial charge in [-0.05, 0) is 32.9 Å². The van der Waals surface area contributed by atoms with Crippen LogP contribution in [0, 0.1) is 18.3 Å². The molecule has 0 amide bonds. The molecule has 0 aliphatic carbocycles. The maximum atomic E-state index is 9.06. The van der Waals surface area contributed by atoms with Crippen molar-refractivity contribution in [3.8, 4) is 11.8 Å². The molecule has 2 heterocycles. The van der Waals surface area contributed by atoms with E-state index in [1.807, 2.05) is 32.9 Å². The molecule has 0 saturated heterocycles. The number of nitrogens with zero attached hydrogens (tertiary/aromatic N) is 3. The number of hydrogen-bond acceptors (Lipinski definition) is 4. The molecule has 4 heteroatoms. The molecular weight excluding hydrogens is 214 g/mol. The largest absolute Gasteiger partial charge is 0.487 e. The van der Waals surface area contributed by atoms with Crippen LogP contribution in [0.4, 0.5) is 0 Å². The van der Waals surface area contributed by atoms with Gasteiger partial charge < -0.3 is 4.74 Å². The summed E-state index contributed by atoms with van der Waals surface area (Å²) in [5.41, 5.74) is 2.69. The Morgan fingerprint density at radius 2 is 2.12 bits per heavy atom. The van der Waals surface area contributed by atoms with Gasteiger partial charge in [-0.15, -0.1) is 0 Å². The Kier molecular flexibility index (Phi) is 2.92. The summed E-state index contributed by atoms with van der Waals surface area (Å²) in [5.74, 6) is 0.524. The number of aryl methyl sites for hydroxylation is 1. The van der Waals surface area contributed by atoms with Gasteiger partial charge in [0.1, 0.15) is 17.1 Å². The predicted molar refractivity (Wildman–Crippen MR) is 64.8 cm³/mol. The minimum absolute atomic E-state index is 0.00462. The molecule has 0 N–H and O–H groups in total. The highest BCUT2D eigenvalue weighted by atomic mass is 16.5. The molecule has 86 valence electrons. The first-order valence-corrected chi connectivity index (χ1v) is 5.45. The maximum absolute atomic E-state index is 9.06. The lowest BCUT2D eigenvalue weighted by molar-refractivity contribution is 0.244. The molecule has 0 aromatic carbocycles. The molecule has 0 bridgehead atoms. The summed E-state index contributed by atoms with van der Waals surface area (Å²) in [6.07, 6.45) is 1.52. The number of ether oxygens (including phenoxy) is 1. The summed E-state index contributed by atoms with van der Waals surface area (Å²) in [5, 5.41) is 9.06. The molecule has 17 heavy (non-hydrogen) atoms. The van der Waals surface area contributed by atoms with Crippen molar-refractivity contribution in [3.05, 3.63) is 29.6 Å². The average Bonchev–Trinajstić information content (AvgIpc) is 2.29. The summed E-state index contributed by atoms with van der Waals surface area (Å²) in [7, 11) is 0. The highest BCUT2D eigenvalue weighted by Crippen LogP contribution is 2.27. The van der Waals surface area contributed by atoms with Crippen molar-refractivity contribution in [1.82, 2.24) is 9.97 Å². The number of fused-ring (bicyclic) bond motifs is 1. The van der Waals surface area contributed by atoms with E-state index in [0.717, 1.165) is 11.2 Å². The highest BCUT2D eigenvalue weighted by Gasteiger charge is 2.12. The van der Waals surface area contributed by atoms with Crippen molar-refractivity contribution in [2.45, 2.75) is 26.9 Å². The number of aromatic nitrogens is 2. The normalized spacial score (nSPS) is 10.5. The van der Waals surface area contributed by atoms with Crippen LogP contribution in [-0.4, -0.2) is 16.1 Å². The number of hydrogen-bond donors (Lipinski definition) is 0. The van der Waals surface area contributed by atoms with Gasteiger partial charge in [0.05, 0.1) is 11.6 Å². The molecule has 0 aliphatic rings. The van der Waals surface area contributed by atoms with Crippen molar-refractivity contribution >= 4 is 11.0 Å². The van der Waals surface area contributed by atoms with Gasteiger partial charge in [0.2, 0.25) is 0 Å². The lowest BCUT2D eigenvalue weighted by Crippen LogP contribution is -2.08. The molecule has 0 atom stereocenters. The molecular formula is C13H13N3O. The van der Waals surface area contributed by atoms with Crippen molar-refractivity contribution in [3.63, 3.8) is 0 Å². The fourth-order valence-corrected chi connectivity index (χ4v) is 1.58. The van der Waals surface area contributed by atoms with E-state index in [4.69, 9.17) is 10.00 Å². The van der Waals surface area contributed by atoms with Gasteiger partial charge in [-0.2, -0.15) is 5.26 Å². The third kappa shape index (κ3) is 2.18. The summed E-state index contributed by atoms with van der Waals surface area (Å²) < 4.78 is 5.68. The van der Waals surface area contributed by atoms with Gasteiger partial charge in [-0.1, -0.05) is 0 Å². The van der Waals surface area contributed by atoms with E-state index < -0.39 is 0 Å². The molecule has 2 aromatic rings. The van der Waals surface area contributed by atoms with E-state index in [-0.39, 0.29) is 6.10 Å². The standard InChI is InChI=1S/C13H13N3O/c1-8(2)17-13-10(6-14)7-15-11-5-4-9(3)16-12(11)13/h4-5,7-8H,1-3H3. The van der Waals surface area contributed by atoms with Gasteiger partial charge in [0.15, 0.2) is 5.75 Å². The first-order chi connectivity index (χ1) is 8.11. The van der Waals surface area contributed by atoms with Gasteiger partial charge in [-0.3, -0.25) is 4.98 Å². The van der Waals surface area contributed by atoms with E-state index in [2.05, 4.69) is 16.0 Å². The van der Waals surface area contributed by atoms with Crippen LogP contribution in [0.15, 0.2) is 18.3 Å². The molecule has 0 saturated carbocycles. The zero-order chi connectivity index (χ0) is 12.4. The average molecular weight is 227 g/mol. The summed E-state index contributed by atoms with van der Waals surface area (Å²) >= 11 is 0. The summed E-state index contributed by atoms with van der Waals surface area (Å²) in [6, 6.07) is 5.86. The van der Waals surface area contributed by atoms with Gasteiger partial charge in [0, 0.05) is 11.9 Å². The van der Waals surface area contributed by atoms with Crippen LogP contribution in [0.1, 0.15) is 25.1 Å². The second-order valence-corrected chi connectivity index (χ2v) is 4.10. The summed E-state index contributed by atoms with van der Waals surface area (Å²) in [4.78, 5) is 8.59. The van der Waals surface area contributed by atoms with Crippen LogP contribution in [0.2, 0.25) is 0 Å². The van der Waals surface area contributed by atoms with E-state index in [1.165, 1.54) is 6.20 Å². The molecule has 0 radical (unpaired) electrons. The van der Waals surface area contributed by atoms with Crippen molar-refractivity contribution in [2.75, 3.05) is 0 Å². The Morgan fingerprint density at radius 3 is 2.76 bits per heavy atom. The van der Waals surface area contributed by atoms with Crippen molar-refractivity contribution in [1.29, 1.82) is 5.26 Å². The molecule has 2 aromatic heterocycles. The van der Waals surface area contributed by atoms with Crippen LogP contribution < -0.4 is 4.74 Å². The third-order valence-corrected chi connectivity index (χ3v) is 2.28. The minimum Gasteiger partial charge on any atom is -0.487 e. The number of rotatable bonds is 2. The second-order valence-electron chi connectivity index (χ2n) is 4.10. The van der Waals surface area contributed by atoms with E-state index >= 15 is 0 Å². The highest BCUT2D eigenvalue weighted by molar-refractivity contribution is 5.83. The monoisotopic (exact) mass is 227 g/mol. The van der Waals surface area contributed by atoms with Crippen LogP contribution >= 0.6 is 0 Å². The van der Waals surface area contributed by atoms with Crippen LogP contribution in [0.25, 0.3) is 11.0 Å². The maximum Gasteiger partial charge on any atom is 0.166 e. The van der Waals surface area contributed by atoms with E-state index in [1.54, 1.807) is 0 Å². The summed E-state index contributed by atoms with van der Waals surface area (Å²) in [6.45, 7) is 5.74. The van der Waals surface area contributed by atoms with Gasteiger partial charge in [-0.25, -0.2) is 4.98 Å². The smallest absolute Gasteiger partial charge is 0.166 e. The Balaban J connectivity index is 2.73. The zero-order valence-electron chi connectivity index (χ0n) is 10.1. The first kappa shape index (κ1) is 11.3. The number of pyridine rings is 2. The first-order valence-electron chi connectivity index (χ1n) is 5.45. The molecule has 4 nitrogen and oxygen atoms in total. The molecule has 0 spiro atoms. The fraction of sp³-hybridized carbons (Fsp3) is 0.308. The Labute approximate surface area is 99.9 Å². The van der Waals surface area contributed by atoms with Crippen molar-refractivity contribution < 1.29 is 4.74 Å². The molecule has 0 fully saturated rings. The number of nitriles is 1. The van der Waals surface area contributed by atoms with E-state index in [9.17, 15) is 0 Å². The van der Waals surface area contributed by atoms with Crippen LogP contribution in [-0.2, 0) is 0 Å². The van der Waals surface area contributed by atoms with Crippen molar-refractivity contribution in [2.24, 2.45) is 0 Å². The Bertz CT molecular complexity index is 599. The lowest BCUT2D eigenvalue weighted by atomic mass is 10.2. The predicted octanol–water partition coefficient (Wildman–Crippen LogP) is 2.60. The van der Waals surface area contributed by atoms with Crippen LogP contribution in [0.3, 0.4) is 0 Å². The van der Waals surface area contributed by atoms with Crippen LogP contribution in [0.5, 0.6) is 5.75 Å². The second kappa shape index (κ2) is 4.38. The van der Waals surface area contributed by atoms with E-state index in [0.29, 0.717) is 16.8 Å². The SMILES string of the molecule is Cc1ccc2ncc(C#N)c(OC(C)C)c2n1. The Morgan fingerprint density at radius 1 is 1.35 bits per heavy atom. The quantitative estimate of drug-likeness (QED) is 0.791. The zero-order valence-corrected chi connectivity index (χ0v) is 10.1. The Hall–Kier alpha value is -2.15. The fourth-order valence-electron chi connectivity index (χ4n) is 1.58. The molecule has 2 rings (SSSR count). The lowest BCUT2D eigenvalue weighted by Gasteiger charge is -2.12. The van der Waals surface area contributed by atoms with Gasteiger partial charge in [0.25, 0.3) is 0 Å².